The number of carbonyl (C=O) groups is 1. The molecule has 0 N–H and O–H groups in total. The topological polar surface area (TPSA) is 20.3 Å². The molecule has 0 radical (unpaired) electrons. The second-order valence-electron chi connectivity index (χ2n) is 6.56. The van der Waals surface area contributed by atoms with E-state index >= 15 is 0 Å². The Bertz CT molecular complexity index is 494. The molecule has 20 heavy (non-hydrogen) atoms. The van der Waals surface area contributed by atoms with E-state index < -0.39 is 0 Å². The van der Waals surface area contributed by atoms with Gasteiger partial charge in [0.2, 0.25) is 0 Å². The molecule has 2 rings (SSSR count). The van der Waals surface area contributed by atoms with Crippen LogP contribution in [0.3, 0.4) is 0 Å². The van der Waals surface area contributed by atoms with E-state index in [1.165, 1.54) is 24.0 Å². The molecule has 3 unspecified atom stereocenters. The van der Waals surface area contributed by atoms with Crippen molar-refractivity contribution in [1.29, 1.82) is 0 Å². The molecule has 1 aliphatic heterocycles. The van der Waals surface area contributed by atoms with Crippen LogP contribution >= 0.6 is 0 Å². The normalized spacial score (nSPS) is 25.4. The van der Waals surface area contributed by atoms with Crippen LogP contribution in [0.4, 0.5) is 0 Å². The standard InChI is InChI=1S/C18H27NO/c1-12-8-9-19(15(4)10-12)16(5)18(20)17-7-6-13(2)14(3)11-17/h6-7,11-12,15-16H,8-10H2,1-5H3. The molecule has 2 nitrogen and oxygen atoms in total. The van der Waals surface area contributed by atoms with Crippen molar-refractivity contribution in [2.24, 2.45) is 5.92 Å². The van der Waals surface area contributed by atoms with Gasteiger partial charge in [0, 0.05) is 11.6 Å². The highest BCUT2D eigenvalue weighted by Gasteiger charge is 2.30. The lowest BCUT2D eigenvalue weighted by molar-refractivity contribution is 0.0627. The van der Waals surface area contributed by atoms with Gasteiger partial charge in [0.15, 0.2) is 5.78 Å². The predicted molar refractivity (Wildman–Crippen MR) is 84.3 cm³/mol. The highest BCUT2D eigenvalue weighted by molar-refractivity contribution is 6.00. The summed E-state index contributed by atoms with van der Waals surface area (Å²) in [5.74, 6) is 1.04. The molecule has 3 atom stereocenters. The number of nitrogens with zero attached hydrogens (tertiary/aromatic N) is 1. The van der Waals surface area contributed by atoms with Crippen molar-refractivity contribution in [3.05, 3.63) is 34.9 Å². The Labute approximate surface area is 123 Å². The smallest absolute Gasteiger partial charge is 0.179 e. The Kier molecular flexibility index (Phi) is 4.64. The van der Waals surface area contributed by atoms with Crippen LogP contribution in [0.15, 0.2) is 18.2 Å². The van der Waals surface area contributed by atoms with Gasteiger partial charge in [-0.1, -0.05) is 19.1 Å². The number of ketones is 1. The minimum absolute atomic E-state index is 0.0143. The van der Waals surface area contributed by atoms with E-state index in [0.29, 0.717) is 6.04 Å². The summed E-state index contributed by atoms with van der Waals surface area (Å²) in [6, 6.07) is 6.55. The molecule has 1 aromatic rings. The number of Topliss-reactive ketones (excluding diaryl/α,β-unsaturated/α-hetero) is 1. The minimum atomic E-state index is -0.0143. The first-order valence-electron chi connectivity index (χ1n) is 7.77. The SMILES string of the molecule is Cc1ccc(C(=O)C(C)N2CCC(C)CC2C)cc1C. The molecule has 0 aromatic heterocycles. The average Bonchev–Trinajstić information content (AvgIpc) is 2.40. The first kappa shape index (κ1) is 15.2. The summed E-state index contributed by atoms with van der Waals surface area (Å²) >= 11 is 0. The van der Waals surface area contributed by atoms with Gasteiger partial charge in [0.1, 0.15) is 0 Å². The van der Waals surface area contributed by atoms with Crippen molar-refractivity contribution >= 4 is 5.78 Å². The second kappa shape index (κ2) is 6.09. The monoisotopic (exact) mass is 273 g/mol. The van der Waals surface area contributed by atoms with Crippen LogP contribution < -0.4 is 0 Å². The molecule has 0 amide bonds. The van der Waals surface area contributed by atoms with Crippen LogP contribution in [0.1, 0.15) is 55.1 Å². The third-order valence-corrected chi connectivity index (χ3v) is 4.86. The van der Waals surface area contributed by atoms with E-state index in [1.807, 2.05) is 12.1 Å². The molecule has 0 aliphatic carbocycles. The maximum Gasteiger partial charge on any atom is 0.179 e. The molecule has 0 bridgehead atoms. The number of rotatable bonds is 3. The number of aryl methyl sites for hydroxylation is 2. The van der Waals surface area contributed by atoms with Crippen molar-refractivity contribution in [2.45, 2.75) is 59.5 Å². The summed E-state index contributed by atoms with van der Waals surface area (Å²) in [5.41, 5.74) is 3.30. The summed E-state index contributed by atoms with van der Waals surface area (Å²) in [6.07, 6.45) is 2.40. The highest BCUT2D eigenvalue weighted by Crippen LogP contribution is 2.25. The lowest BCUT2D eigenvalue weighted by Crippen LogP contribution is -2.48. The Morgan fingerprint density at radius 2 is 1.95 bits per heavy atom. The fraction of sp³-hybridized carbons (Fsp3) is 0.611. The maximum absolute atomic E-state index is 12.7. The number of hydrogen-bond donors (Lipinski definition) is 0. The lowest BCUT2D eigenvalue weighted by Gasteiger charge is -2.39. The van der Waals surface area contributed by atoms with E-state index in [9.17, 15) is 4.79 Å². The van der Waals surface area contributed by atoms with Crippen molar-refractivity contribution in [1.82, 2.24) is 4.90 Å². The highest BCUT2D eigenvalue weighted by atomic mass is 16.1. The second-order valence-corrected chi connectivity index (χ2v) is 6.56. The van der Waals surface area contributed by atoms with Crippen LogP contribution in [-0.4, -0.2) is 29.3 Å². The van der Waals surface area contributed by atoms with Crippen molar-refractivity contribution in [2.75, 3.05) is 6.54 Å². The van der Waals surface area contributed by atoms with Gasteiger partial charge >= 0.3 is 0 Å². The summed E-state index contributed by atoms with van der Waals surface area (Å²) in [6.45, 7) is 11.8. The molecule has 110 valence electrons. The lowest BCUT2D eigenvalue weighted by atomic mass is 9.90. The Hall–Kier alpha value is -1.15. The molecular weight excluding hydrogens is 246 g/mol. The van der Waals surface area contributed by atoms with Gasteiger partial charge in [0.05, 0.1) is 6.04 Å². The molecule has 0 saturated carbocycles. The van der Waals surface area contributed by atoms with Crippen molar-refractivity contribution in [3.8, 4) is 0 Å². The Morgan fingerprint density at radius 1 is 1.25 bits per heavy atom. The van der Waals surface area contributed by atoms with Gasteiger partial charge in [-0.25, -0.2) is 0 Å². The van der Waals surface area contributed by atoms with Gasteiger partial charge in [-0.05, 0) is 70.2 Å². The zero-order valence-electron chi connectivity index (χ0n) is 13.4. The Balaban J connectivity index is 2.13. The first-order chi connectivity index (χ1) is 9.40. The van der Waals surface area contributed by atoms with Crippen LogP contribution in [0.25, 0.3) is 0 Å². The van der Waals surface area contributed by atoms with Crippen LogP contribution in [0.5, 0.6) is 0 Å². The van der Waals surface area contributed by atoms with Gasteiger partial charge in [-0.3, -0.25) is 9.69 Å². The van der Waals surface area contributed by atoms with Crippen LogP contribution in [0.2, 0.25) is 0 Å². The summed E-state index contributed by atoms with van der Waals surface area (Å²) in [5, 5.41) is 0. The number of carbonyl (C=O) groups excluding carboxylic acids is 1. The maximum atomic E-state index is 12.7. The molecule has 1 aliphatic rings. The van der Waals surface area contributed by atoms with Crippen molar-refractivity contribution in [3.63, 3.8) is 0 Å². The number of likely N-dealkylation sites (tertiary alicyclic amines) is 1. The Morgan fingerprint density at radius 3 is 2.55 bits per heavy atom. The molecule has 1 aromatic carbocycles. The van der Waals surface area contributed by atoms with E-state index in [4.69, 9.17) is 0 Å². The third-order valence-electron chi connectivity index (χ3n) is 4.86. The molecule has 0 spiro atoms. The van der Waals surface area contributed by atoms with E-state index in [-0.39, 0.29) is 11.8 Å². The number of hydrogen-bond acceptors (Lipinski definition) is 2. The largest absolute Gasteiger partial charge is 0.292 e. The van der Waals surface area contributed by atoms with Gasteiger partial charge in [-0.15, -0.1) is 0 Å². The van der Waals surface area contributed by atoms with Gasteiger partial charge in [0.25, 0.3) is 0 Å². The van der Waals surface area contributed by atoms with Gasteiger partial charge < -0.3 is 0 Å². The first-order valence-corrected chi connectivity index (χ1v) is 7.77. The third kappa shape index (κ3) is 3.12. The minimum Gasteiger partial charge on any atom is -0.292 e. The zero-order valence-corrected chi connectivity index (χ0v) is 13.4. The summed E-state index contributed by atoms with van der Waals surface area (Å²) < 4.78 is 0. The molecule has 1 fully saturated rings. The summed E-state index contributed by atoms with van der Waals surface area (Å²) in [7, 11) is 0. The van der Waals surface area contributed by atoms with E-state index in [1.54, 1.807) is 0 Å². The van der Waals surface area contributed by atoms with E-state index in [0.717, 1.165) is 18.0 Å². The molecule has 2 heteroatoms. The molecular formula is C18H27NO. The fourth-order valence-corrected chi connectivity index (χ4v) is 3.29. The quantitative estimate of drug-likeness (QED) is 0.776. The number of piperidine rings is 1. The number of benzene rings is 1. The predicted octanol–water partition coefficient (Wildman–Crippen LogP) is 4.00. The van der Waals surface area contributed by atoms with Crippen LogP contribution in [0, 0.1) is 19.8 Å². The van der Waals surface area contributed by atoms with Crippen LogP contribution in [-0.2, 0) is 0 Å². The zero-order chi connectivity index (χ0) is 14.9. The molecule has 1 saturated heterocycles. The van der Waals surface area contributed by atoms with Crippen molar-refractivity contribution < 1.29 is 4.79 Å². The van der Waals surface area contributed by atoms with Gasteiger partial charge in [-0.2, -0.15) is 0 Å². The fourth-order valence-electron chi connectivity index (χ4n) is 3.29. The average molecular weight is 273 g/mol. The van der Waals surface area contributed by atoms with E-state index in [2.05, 4.69) is 45.6 Å². The summed E-state index contributed by atoms with van der Waals surface area (Å²) in [4.78, 5) is 15.1. The molecule has 1 heterocycles.